The topological polar surface area (TPSA) is 37.3 Å². The number of benzene rings is 1. The van der Waals surface area contributed by atoms with Gasteiger partial charge in [0.25, 0.3) is 0 Å². The predicted octanol–water partition coefficient (Wildman–Crippen LogP) is 2.28. The molecule has 3 rings (SSSR count). The molecule has 1 aliphatic rings. The van der Waals surface area contributed by atoms with Gasteiger partial charge in [-0.25, -0.2) is 0 Å². The minimum atomic E-state index is 0.284. The van der Waals surface area contributed by atoms with Crippen LogP contribution in [-0.2, 0) is 0 Å². The largest absolute Gasteiger partial charge is 0.358 e. The first-order valence-electron chi connectivity index (χ1n) is 8.00. The highest BCUT2D eigenvalue weighted by molar-refractivity contribution is 6.09. The van der Waals surface area contributed by atoms with E-state index in [4.69, 9.17) is 0 Å². The van der Waals surface area contributed by atoms with Crippen LogP contribution in [0.15, 0.2) is 18.2 Å². The summed E-state index contributed by atoms with van der Waals surface area (Å²) in [4.78, 5) is 17.6. The quantitative estimate of drug-likeness (QED) is 0.834. The van der Waals surface area contributed by atoms with Crippen molar-refractivity contribution in [2.24, 2.45) is 5.92 Å². The number of quaternary nitrogens is 1. The van der Waals surface area contributed by atoms with Crippen molar-refractivity contribution in [3.8, 4) is 0 Å². The molecule has 1 aromatic carbocycles. The number of hydrogen-bond donors (Lipinski definition) is 2. The van der Waals surface area contributed by atoms with Gasteiger partial charge in [0.2, 0.25) is 5.78 Å². The maximum atomic E-state index is 12.8. The first-order chi connectivity index (χ1) is 10.0. The highest BCUT2D eigenvalue weighted by atomic mass is 16.1. The summed E-state index contributed by atoms with van der Waals surface area (Å²) in [6.45, 7) is 9.28. The van der Waals surface area contributed by atoms with Crippen LogP contribution in [0.1, 0.15) is 41.4 Å². The number of hydrogen-bond acceptors (Lipinski definition) is 1. The summed E-state index contributed by atoms with van der Waals surface area (Å²) in [6, 6.07) is 6.28. The van der Waals surface area contributed by atoms with Gasteiger partial charge in [-0.1, -0.05) is 19.1 Å². The molecule has 0 bridgehead atoms. The lowest BCUT2D eigenvalue weighted by atomic mass is 9.99. The maximum Gasteiger partial charge on any atom is 0.219 e. The van der Waals surface area contributed by atoms with E-state index in [1.54, 1.807) is 0 Å². The Kier molecular flexibility index (Phi) is 3.85. The summed E-state index contributed by atoms with van der Waals surface area (Å²) in [5.41, 5.74) is 4.21. The van der Waals surface area contributed by atoms with Crippen molar-refractivity contribution in [3.63, 3.8) is 0 Å². The second kappa shape index (κ2) is 5.64. The van der Waals surface area contributed by atoms with E-state index >= 15 is 0 Å². The molecule has 2 N–H and O–H groups in total. The van der Waals surface area contributed by atoms with E-state index in [9.17, 15) is 4.79 Å². The lowest BCUT2D eigenvalue weighted by Crippen LogP contribution is -3.14. The van der Waals surface area contributed by atoms with Gasteiger partial charge < -0.3 is 9.88 Å². The van der Waals surface area contributed by atoms with Crippen LogP contribution in [0.3, 0.4) is 0 Å². The van der Waals surface area contributed by atoms with Crippen molar-refractivity contribution in [2.45, 2.75) is 33.6 Å². The molecular formula is C18H25N2O+. The van der Waals surface area contributed by atoms with Crippen LogP contribution in [-0.4, -0.2) is 30.4 Å². The number of aromatic amines is 1. The fourth-order valence-electron chi connectivity index (χ4n) is 3.68. The van der Waals surface area contributed by atoms with Crippen LogP contribution in [0.2, 0.25) is 0 Å². The van der Waals surface area contributed by atoms with Crippen LogP contribution in [0.25, 0.3) is 10.9 Å². The van der Waals surface area contributed by atoms with Gasteiger partial charge in [0.15, 0.2) is 0 Å². The molecular weight excluding hydrogens is 260 g/mol. The molecule has 0 saturated carbocycles. The van der Waals surface area contributed by atoms with E-state index in [-0.39, 0.29) is 5.78 Å². The molecule has 1 aromatic heterocycles. The number of ketones is 1. The smallest absolute Gasteiger partial charge is 0.219 e. The average molecular weight is 285 g/mol. The number of likely N-dealkylation sites (tertiary alicyclic amines) is 1. The van der Waals surface area contributed by atoms with Crippen LogP contribution in [0.5, 0.6) is 0 Å². The first-order valence-corrected chi connectivity index (χ1v) is 8.00. The Morgan fingerprint density at radius 1 is 1.38 bits per heavy atom. The van der Waals surface area contributed by atoms with Crippen molar-refractivity contribution in [1.82, 2.24) is 4.98 Å². The minimum Gasteiger partial charge on any atom is -0.358 e. The predicted molar refractivity (Wildman–Crippen MR) is 86.1 cm³/mol. The Balaban J connectivity index is 1.86. The molecule has 1 unspecified atom stereocenters. The van der Waals surface area contributed by atoms with Crippen LogP contribution >= 0.6 is 0 Å². The highest BCUT2D eigenvalue weighted by Crippen LogP contribution is 2.23. The molecule has 0 amide bonds. The Bertz CT molecular complexity index is 671. The third kappa shape index (κ3) is 2.88. The summed E-state index contributed by atoms with van der Waals surface area (Å²) < 4.78 is 0. The number of aromatic nitrogens is 1. The number of fused-ring (bicyclic) bond motifs is 1. The number of carbonyl (C=O) groups excluding carboxylic acids is 1. The van der Waals surface area contributed by atoms with E-state index in [0.29, 0.717) is 6.54 Å². The maximum absolute atomic E-state index is 12.8. The highest BCUT2D eigenvalue weighted by Gasteiger charge is 2.25. The van der Waals surface area contributed by atoms with Gasteiger partial charge >= 0.3 is 0 Å². The molecule has 3 heteroatoms. The summed E-state index contributed by atoms with van der Waals surface area (Å²) in [5.74, 6) is 1.03. The van der Waals surface area contributed by atoms with Gasteiger partial charge in [-0.2, -0.15) is 0 Å². The van der Waals surface area contributed by atoms with Gasteiger partial charge in [0.05, 0.1) is 18.7 Å². The van der Waals surface area contributed by atoms with Gasteiger partial charge in [-0.3, -0.25) is 4.79 Å². The number of nitrogens with one attached hydrogen (secondary N) is 2. The molecule has 21 heavy (non-hydrogen) atoms. The van der Waals surface area contributed by atoms with Gasteiger partial charge in [-0.15, -0.1) is 0 Å². The van der Waals surface area contributed by atoms with Crippen LogP contribution in [0.4, 0.5) is 0 Å². The number of piperidine rings is 1. The monoisotopic (exact) mass is 285 g/mol. The van der Waals surface area contributed by atoms with Gasteiger partial charge in [0.1, 0.15) is 6.54 Å². The lowest BCUT2D eigenvalue weighted by Gasteiger charge is -2.27. The number of carbonyl (C=O) groups is 1. The Labute approximate surface area is 126 Å². The van der Waals surface area contributed by atoms with E-state index in [1.165, 1.54) is 23.3 Å². The summed E-state index contributed by atoms with van der Waals surface area (Å²) >= 11 is 0. The molecule has 1 aliphatic heterocycles. The number of rotatable bonds is 3. The molecule has 0 radical (unpaired) electrons. The second-order valence-corrected chi connectivity index (χ2v) is 6.73. The lowest BCUT2D eigenvalue weighted by molar-refractivity contribution is -0.900. The van der Waals surface area contributed by atoms with E-state index in [2.05, 4.69) is 37.0 Å². The molecule has 2 heterocycles. The van der Waals surface area contributed by atoms with Gasteiger partial charge in [-0.05, 0) is 38.3 Å². The third-order valence-corrected chi connectivity index (χ3v) is 4.70. The molecule has 0 spiro atoms. The van der Waals surface area contributed by atoms with Crippen molar-refractivity contribution in [2.75, 3.05) is 19.6 Å². The second-order valence-electron chi connectivity index (χ2n) is 6.73. The van der Waals surface area contributed by atoms with Crippen molar-refractivity contribution in [3.05, 3.63) is 35.0 Å². The molecule has 2 aromatic rings. The normalized spacial score (nSPS) is 22.6. The fraction of sp³-hybridized carbons (Fsp3) is 0.500. The Morgan fingerprint density at radius 3 is 2.95 bits per heavy atom. The summed E-state index contributed by atoms with van der Waals surface area (Å²) in [6.07, 6.45) is 2.55. The van der Waals surface area contributed by atoms with E-state index in [0.717, 1.165) is 41.2 Å². The fourth-order valence-corrected chi connectivity index (χ4v) is 3.68. The molecule has 3 nitrogen and oxygen atoms in total. The SMILES string of the molecule is Cc1ccc2c(C(=O)C[NH+]3CCC[C@H](C)C3)c(C)[nH]c2c1. The number of Topliss-reactive ketones (excluding diaryl/α,β-unsaturated/α-hetero) is 1. The van der Waals surface area contributed by atoms with Crippen molar-refractivity contribution < 1.29 is 9.69 Å². The number of H-pyrrole nitrogens is 1. The minimum absolute atomic E-state index is 0.284. The van der Waals surface area contributed by atoms with Crippen molar-refractivity contribution >= 4 is 16.7 Å². The zero-order valence-corrected chi connectivity index (χ0v) is 13.3. The standard InChI is InChI=1S/C18H24N2O/c1-12-6-7-15-16(9-12)19-14(3)18(15)17(21)11-20-8-4-5-13(2)10-20/h6-7,9,13,19H,4-5,8,10-11H2,1-3H3/p+1/t13-/m0/s1. The Morgan fingerprint density at radius 2 is 2.19 bits per heavy atom. The summed E-state index contributed by atoms with van der Waals surface area (Å²) in [7, 11) is 0. The zero-order chi connectivity index (χ0) is 15.0. The van der Waals surface area contributed by atoms with Crippen molar-refractivity contribution in [1.29, 1.82) is 0 Å². The molecule has 1 saturated heterocycles. The van der Waals surface area contributed by atoms with Crippen LogP contribution < -0.4 is 4.90 Å². The first kappa shape index (κ1) is 14.3. The number of aryl methyl sites for hydroxylation is 2. The summed E-state index contributed by atoms with van der Waals surface area (Å²) in [5, 5.41) is 1.08. The molecule has 1 fully saturated rings. The third-order valence-electron chi connectivity index (χ3n) is 4.70. The molecule has 0 aliphatic carbocycles. The average Bonchev–Trinajstić information content (AvgIpc) is 2.73. The van der Waals surface area contributed by atoms with Crippen LogP contribution in [0, 0.1) is 19.8 Å². The molecule has 2 atom stereocenters. The Hall–Kier alpha value is -1.61. The zero-order valence-electron chi connectivity index (χ0n) is 13.3. The van der Waals surface area contributed by atoms with E-state index in [1.807, 2.05) is 6.92 Å². The molecule has 112 valence electrons. The van der Waals surface area contributed by atoms with Gasteiger partial charge in [0, 0.05) is 22.5 Å². The van der Waals surface area contributed by atoms with E-state index < -0.39 is 0 Å².